The van der Waals surface area contributed by atoms with Crippen molar-refractivity contribution in [2.45, 2.75) is 19.8 Å². The van der Waals surface area contributed by atoms with Gasteiger partial charge in [0.15, 0.2) is 5.43 Å². The summed E-state index contributed by atoms with van der Waals surface area (Å²) in [6, 6.07) is 14.4. The standard InChI is InChI=1S/C23H20N6O2/c1-13-5-3-6-16(25-13)14(2)22-21-17(7-4-8-18(21)27-28-22)26-23(31)19-12-24-20-11-15(30)9-10-29(19)20/h3-12,14,24H,1-2H3,(H,26,31)(H,27,28). The molecule has 8 heteroatoms. The normalized spacial score (nSPS) is 12.3. The molecule has 4 aromatic heterocycles. The number of rotatable bonds is 4. The molecule has 0 aliphatic heterocycles. The Labute approximate surface area is 177 Å². The van der Waals surface area contributed by atoms with Crippen LogP contribution in [0.3, 0.4) is 0 Å². The smallest absolute Gasteiger partial charge is 0.274 e. The molecule has 1 atom stereocenters. The molecular formula is C23H20N6O2. The first kappa shape index (κ1) is 18.8. The minimum atomic E-state index is -0.295. The first-order chi connectivity index (χ1) is 15.0. The van der Waals surface area contributed by atoms with Crippen LogP contribution in [0.25, 0.3) is 16.6 Å². The highest BCUT2D eigenvalue weighted by Crippen LogP contribution is 2.32. The topological polar surface area (TPSA) is 108 Å². The van der Waals surface area contributed by atoms with Gasteiger partial charge < -0.3 is 10.3 Å². The zero-order valence-electron chi connectivity index (χ0n) is 17.0. The predicted molar refractivity (Wildman–Crippen MR) is 119 cm³/mol. The zero-order valence-corrected chi connectivity index (χ0v) is 17.0. The quantitative estimate of drug-likeness (QED) is 0.419. The third kappa shape index (κ3) is 3.28. The molecule has 8 nitrogen and oxygen atoms in total. The molecule has 0 aliphatic rings. The summed E-state index contributed by atoms with van der Waals surface area (Å²) in [6.45, 7) is 4.02. The fraction of sp³-hybridized carbons (Fsp3) is 0.130. The molecular weight excluding hydrogens is 392 g/mol. The van der Waals surface area contributed by atoms with E-state index in [1.165, 1.54) is 12.1 Å². The second kappa shape index (κ2) is 7.24. The Balaban J connectivity index is 1.55. The monoisotopic (exact) mass is 412 g/mol. The lowest BCUT2D eigenvalue weighted by Gasteiger charge is -2.13. The maximum Gasteiger partial charge on any atom is 0.274 e. The van der Waals surface area contributed by atoms with Crippen LogP contribution in [0.4, 0.5) is 5.69 Å². The van der Waals surface area contributed by atoms with Crippen LogP contribution in [0.15, 0.2) is 65.7 Å². The van der Waals surface area contributed by atoms with Gasteiger partial charge in [0.2, 0.25) is 0 Å². The van der Waals surface area contributed by atoms with Crippen molar-refractivity contribution in [2.75, 3.05) is 5.32 Å². The highest BCUT2D eigenvalue weighted by Gasteiger charge is 2.20. The molecule has 0 spiro atoms. The lowest BCUT2D eigenvalue weighted by atomic mass is 9.98. The van der Waals surface area contributed by atoms with E-state index in [1.54, 1.807) is 16.8 Å². The molecule has 31 heavy (non-hydrogen) atoms. The molecule has 0 aliphatic carbocycles. The van der Waals surface area contributed by atoms with E-state index in [9.17, 15) is 9.59 Å². The first-order valence-electron chi connectivity index (χ1n) is 9.93. The van der Waals surface area contributed by atoms with Crippen LogP contribution in [-0.4, -0.2) is 30.5 Å². The largest absolute Gasteiger partial charge is 0.345 e. The lowest BCUT2D eigenvalue weighted by Crippen LogP contribution is -2.15. The maximum atomic E-state index is 13.1. The Hall–Kier alpha value is -4.20. The number of aromatic amines is 2. The molecule has 1 amide bonds. The summed E-state index contributed by atoms with van der Waals surface area (Å²) in [4.78, 5) is 32.2. The second-order valence-electron chi connectivity index (χ2n) is 7.51. The molecule has 5 aromatic rings. The fourth-order valence-corrected chi connectivity index (χ4v) is 3.84. The van der Waals surface area contributed by atoms with Gasteiger partial charge in [-0.15, -0.1) is 0 Å². The highest BCUT2D eigenvalue weighted by molar-refractivity contribution is 6.08. The van der Waals surface area contributed by atoms with Crippen LogP contribution < -0.4 is 10.7 Å². The van der Waals surface area contributed by atoms with Crippen LogP contribution in [0.2, 0.25) is 0 Å². The summed E-state index contributed by atoms with van der Waals surface area (Å²) >= 11 is 0. The van der Waals surface area contributed by atoms with Gasteiger partial charge >= 0.3 is 0 Å². The van der Waals surface area contributed by atoms with Gasteiger partial charge in [0.1, 0.15) is 11.3 Å². The van der Waals surface area contributed by atoms with Crippen molar-refractivity contribution in [2.24, 2.45) is 0 Å². The van der Waals surface area contributed by atoms with Gasteiger partial charge in [-0.1, -0.05) is 19.1 Å². The van der Waals surface area contributed by atoms with Crippen LogP contribution >= 0.6 is 0 Å². The van der Waals surface area contributed by atoms with Gasteiger partial charge in [0.25, 0.3) is 5.91 Å². The SMILES string of the molecule is Cc1cccc(C(C)c2[nH]nc3cccc(NC(=O)c4c[nH]c5cc(=O)ccn45)c23)n1. The van der Waals surface area contributed by atoms with Crippen molar-refractivity contribution in [3.63, 3.8) is 0 Å². The predicted octanol–water partition coefficient (Wildman–Crippen LogP) is 3.61. The second-order valence-corrected chi connectivity index (χ2v) is 7.51. The van der Waals surface area contributed by atoms with E-state index in [2.05, 4.69) is 32.4 Å². The van der Waals surface area contributed by atoms with E-state index in [0.717, 1.165) is 28.0 Å². The minimum absolute atomic E-state index is 0.0408. The molecule has 0 bridgehead atoms. The summed E-state index contributed by atoms with van der Waals surface area (Å²) in [6.07, 6.45) is 3.16. The van der Waals surface area contributed by atoms with Gasteiger partial charge in [-0.2, -0.15) is 5.10 Å². The Kier molecular flexibility index (Phi) is 4.39. The number of benzene rings is 1. The summed E-state index contributed by atoms with van der Waals surface area (Å²) in [7, 11) is 0. The molecule has 0 saturated heterocycles. The summed E-state index contributed by atoms with van der Waals surface area (Å²) in [5, 5.41) is 11.4. The number of hydrogen-bond donors (Lipinski definition) is 3. The average Bonchev–Trinajstić information content (AvgIpc) is 3.37. The van der Waals surface area contributed by atoms with Crippen LogP contribution in [0.5, 0.6) is 0 Å². The number of fused-ring (bicyclic) bond motifs is 2. The number of anilines is 1. The van der Waals surface area contributed by atoms with Crippen molar-refractivity contribution in [3.8, 4) is 0 Å². The van der Waals surface area contributed by atoms with Crippen LogP contribution in [0, 0.1) is 6.92 Å². The van der Waals surface area contributed by atoms with Crippen molar-refractivity contribution in [1.29, 1.82) is 0 Å². The summed E-state index contributed by atoms with van der Waals surface area (Å²) in [5.74, 6) is -0.336. The Morgan fingerprint density at radius 3 is 2.84 bits per heavy atom. The highest BCUT2D eigenvalue weighted by atomic mass is 16.2. The first-order valence-corrected chi connectivity index (χ1v) is 9.93. The van der Waals surface area contributed by atoms with Gasteiger partial charge in [0.05, 0.1) is 16.9 Å². The van der Waals surface area contributed by atoms with Crippen molar-refractivity contribution in [3.05, 3.63) is 93.9 Å². The van der Waals surface area contributed by atoms with Crippen LogP contribution in [-0.2, 0) is 0 Å². The van der Waals surface area contributed by atoms with E-state index < -0.39 is 0 Å². The lowest BCUT2D eigenvalue weighted by molar-refractivity contribution is 0.102. The minimum Gasteiger partial charge on any atom is -0.345 e. The Bertz CT molecular complexity index is 1490. The molecule has 0 radical (unpaired) electrons. The number of aromatic nitrogens is 5. The van der Waals surface area contributed by atoms with Crippen molar-refractivity contribution >= 4 is 28.1 Å². The molecule has 5 rings (SSSR count). The van der Waals surface area contributed by atoms with E-state index in [-0.39, 0.29) is 17.3 Å². The molecule has 0 fully saturated rings. The Morgan fingerprint density at radius 1 is 1.16 bits per heavy atom. The van der Waals surface area contributed by atoms with Crippen molar-refractivity contribution in [1.82, 2.24) is 24.6 Å². The number of pyridine rings is 2. The summed E-state index contributed by atoms with van der Waals surface area (Å²) < 4.78 is 1.65. The maximum absolute atomic E-state index is 13.1. The fourth-order valence-electron chi connectivity index (χ4n) is 3.84. The number of amides is 1. The van der Waals surface area contributed by atoms with Gasteiger partial charge in [0, 0.05) is 47.2 Å². The van der Waals surface area contributed by atoms with Gasteiger partial charge in [-0.25, -0.2) is 0 Å². The van der Waals surface area contributed by atoms with E-state index >= 15 is 0 Å². The number of carbonyl (C=O) groups excluding carboxylic acids is 1. The molecule has 0 saturated carbocycles. The third-order valence-corrected chi connectivity index (χ3v) is 5.42. The number of H-pyrrole nitrogens is 2. The number of nitrogens with zero attached hydrogens (tertiary/aromatic N) is 3. The summed E-state index contributed by atoms with van der Waals surface area (Å²) in [5.41, 5.74) is 4.99. The number of imidazole rings is 1. The average molecular weight is 412 g/mol. The number of carbonyl (C=O) groups is 1. The molecule has 154 valence electrons. The van der Waals surface area contributed by atoms with E-state index in [1.807, 2.05) is 43.3 Å². The number of nitrogens with one attached hydrogen (secondary N) is 3. The molecule has 1 unspecified atom stereocenters. The molecule has 4 heterocycles. The van der Waals surface area contributed by atoms with Gasteiger partial charge in [-0.05, 0) is 31.2 Å². The molecule has 1 aromatic carbocycles. The van der Waals surface area contributed by atoms with Crippen LogP contribution in [0.1, 0.15) is 40.4 Å². The zero-order chi connectivity index (χ0) is 21.5. The van der Waals surface area contributed by atoms with Crippen molar-refractivity contribution < 1.29 is 4.79 Å². The van der Waals surface area contributed by atoms with Gasteiger partial charge in [-0.3, -0.25) is 24.1 Å². The van der Waals surface area contributed by atoms with E-state index in [4.69, 9.17) is 0 Å². The Morgan fingerprint density at radius 2 is 2.00 bits per heavy atom. The number of hydrogen-bond acceptors (Lipinski definition) is 4. The number of aryl methyl sites for hydroxylation is 1. The third-order valence-electron chi connectivity index (χ3n) is 5.42. The molecule has 3 N–H and O–H groups in total. The van der Waals surface area contributed by atoms with E-state index in [0.29, 0.717) is 17.0 Å².